The second-order valence-corrected chi connectivity index (χ2v) is 6.66. The van der Waals surface area contributed by atoms with Crippen molar-refractivity contribution in [1.29, 1.82) is 5.26 Å². The fourth-order valence-electron chi connectivity index (χ4n) is 5.22. The van der Waals surface area contributed by atoms with Crippen molar-refractivity contribution in [3.8, 4) is 6.07 Å². The Bertz CT molecular complexity index is 385. The molecule has 3 heteroatoms. The van der Waals surface area contributed by atoms with E-state index in [0.717, 1.165) is 24.2 Å². The van der Waals surface area contributed by atoms with Gasteiger partial charge in [0, 0.05) is 11.8 Å². The maximum absolute atomic E-state index is 8.92. The van der Waals surface area contributed by atoms with Crippen LogP contribution in [0.1, 0.15) is 44.9 Å². The van der Waals surface area contributed by atoms with Crippen molar-refractivity contribution in [2.45, 2.75) is 51.0 Å². The minimum absolute atomic E-state index is 0.307. The van der Waals surface area contributed by atoms with E-state index in [4.69, 9.17) is 10.1 Å². The van der Waals surface area contributed by atoms with Crippen molar-refractivity contribution in [3.05, 3.63) is 0 Å². The van der Waals surface area contributed by atoms with E-state index in [1.807, 2.05) is 0 Å². The molecule has 1 unspecified atom stereocenters. The molecule has 0 aromatic carbocycles. The molecule has 0 spiro atoms. The van der Waals surface area contributed by atoms with Crippen LogP contribution in [0.3, 0.4) is 0 Å². The lowest BCUT2D eigenvalue weighted by atomic mass is 9.48. The number of nitrogens with zero attached hydrogens (tertiary/aromatic N) is 2. The molecule has 0 amide bonds. The topological polar surface area (TPSA) is 45.4 Å². The van der Waals surface area contributed by atoms with Crippen LogP contribution in [-0.2, 0) is 4.84 Å². The SMILES string of the molecule is N#CC1CC(C23CC4CC(CC(C4)C2)C3)=NO1. The van der Waals surface area contributed by atoms with Crippen LogP contribution >= 0.6 is 0 Å². The summed E-state index contributed by atoms with van der Waals surface area (Å²) < 4.78 is 0. The van der Waals surface area contributed by atoms with Gasteiger partial charge in [-0.25, -0.2) is 0 Å². The Labute approximate surface area is 102 Å². The predicted molar refractivity (Wildman–Crippen MR) is 63.1 cm³/mol. The van der Waals surface area contributed by atoms with Crippen LogP contribution in [0.5, 0.6) is 0 Å². The van der Waals surface area contributed by atoms with Gasteiger partial charge in [-0.1, -0.05) is 5.16 Å². The normalized spacial score (nSPS) is 50.9. The molecule has 3 nitrogen and oxygen atoms in total. The maximum Gasteiger partial charge on any atom is 0.217 e. The first kappa shape index (κ1) is 9.94. The molecule has 4 bridgehead atoms. The second-order valence-electron chi connectivity index (χ2n) is 6.66. The lowest BCUT2D eigenvalue weighted by molar-refractivity contribution is -0.0133. The molecule has 1 atom stereocenters. The molecule has 90 valence electrons. The summed E-state index contributed by atoms with van der Waals surface area (Å²) in [6, 6.07) is 2.19. The zero-order valence-corrected chi connectivity index (χ0v) is 10.1. The summed E-state index contributed by atoms with van der Waals surface area (Å²) in [6.07, 6.45) is 8.78. The zero-order valence-electron chi connectivity index (χ0n) is 10.1. The van der Waals surface area contributed by atoms with E-state index in [1.165, 1.54) is 44.2 Å². The van der Waals surface area contributed by atoms with Gasteiger partial charge in [0.05, 0.1) is 5.71 Å². The molecule has 1 aliphatic heterocycles. The van der Waals surface area contributed by atoms with Gasteiger partial charge >= 0.3 is 0 Å². The standard InChI is InChI=1S/C14H18N2O/c15-8-12-4-13(16-17-12)14-5-9-1-10(6-14)3-11(2-9)7-14/h9-12H,1-7H2. The first-order valence-corrected chi connectivity index (χ1v) is 6.90. The summed E-state index contributed by atoms with van der Waals surface area (Å²) in [5.74, 6) is 2.81. The fraction of sp³-hybridized carbons (Fsp3) is 0.857. The molecule has 0 radical (unpaired) electrons. The summed E-state index contributed by atoms with van der Waals surface area (Å²) in [5.41, 5.74) is 1.56. The minimum Gasteiger partial charge on any atom is -0.377 e. The average molecular weight is 230 g/mol. The van der Waals surface area contributed by atoms with Crippen LogP contribution in [-0.4, -0.2) is 11.8 Å². The second kappa shape index (κ2) is 3.25. The monoisotopic (exact) mass is 230 g/mol. The number of hydrogen-bond donors (Lipinski definition) is 0. The number of rotatable bonds is 1. The third kappa shape index (κ3) is 1.36. The van der Waals surface area contributed by atoms with Gasteiger partial charge in [-0.15, -0.1) is 0 Å². The molecule has 0 N–H and O–H groups in total. The Hall–Kier alpha value is -1.04. The van der Waals surface area contributed by atoms with Crippen molar-refractivity contribution < 1.29 is 4.84 Å². The Morgan fingerprint density at radius 2 is 1.71 bits per heavy atom. The molecule has 1 heterocycles. The third-order valence-corrected chi connectivity index (χ3v) is 5.46. The van der Waals surface area contributed by atoms with Gasteiger partial charge in [-0.05, 0) is 56.3 Å². The van der Waals surface area contributed by atoms with Crippen molar-refractivity contribution in [3.63, 3.8) is 0 Å². The lowest BCUT2D eigenvalue weighted by Crippen LogP contribution is -2.49. The quantitative estimate of drug-likeness (QED) is 0.695. The van der Waals surface area contributed by atoms with Crippen molar-refractivity contribution in [2.24, 2.45) is 28.3 Å². The van der Waals surface area contributed by atoms with Gasteiger partial charge in [-0.3, -0.25) is 0 Å². The molecule has 0 aromatic rings. The predicted octanol–water partition coefficient (Wildman–Crippen LogP) is 2.87. The molecule has 4 aliphatic carbocycles. The average Bonchev–Trinajstić information content (AvgIpc) is 2.76. The fourth-order valence-corrected chi connectivity index (χ4v) is 5.22. The van der Waals surface area contributed by atoms with E-state index in [-0.39, 0.29) is 6.10 Å². The van der Waals surface area contributed by atoms with Gasteiger partial charge in [0.25, 0.3) is 0 Å². The van der Waals surface area contributed by atoms with Crippen LogP contribution < -0.4 is 0 Å². The zero-order chi connectivity index (χ0) is 11.5. The van der Waals surface area contributed by atoms with E-state index in [2.05, 4.69) is 11.2 Å². The summed E-state index contributed by atoms with van der Waals surface area (Å²) in [5, 5.41) is 13.2. The maximum atomic E-state index is 8.92. The van der Waals surface area contributed by atoms with Crippen LogP contribution in [0.4, 0.5) is 0 Å². The van der Waals surface area contributed by atoms with Gasteiger partial charge in [0.2, 0.25) is 6.10 Å². The summed E-state index contributed by atoms with van der Waals surface area (Å²) in [4.78, 5) is 5.23. The van der Waals surface area contributed by atoms with E-state index < -0.39 is 0 Å². The molecule has 5 rings (SSSR count). The molecular weight excluding hydrogens is 212 g/mol. The van der Waals surface area contributed by atoms with Gasteiger partial charge in [0.1, 0.15) is 6.07 Å². The lowest BCUT2D eigenvalue weighted by Gasteiger charge is -2.56. The van der Waals surface area contributed by atoms with Crippen LogP contribution in [0.2, 0.25) is 0 Å². The van der Waals surface area contributed by atoms with E-state index >= 15 is 0 Å². The molecular formula is C14H18N2O. The molecule has 17 heavy (non-hydrogen) atoms. The number of hydrogen-bond acceptors (Lipinski definition) is 3. The van der Waals surface area contributed by atoms with Gasteiger partial charge < -0.3 is 4.84 Å². The van der Waals surface area contributed by atoms with Crippen LogP contribution in [0.15, 0.2) is 5.16 Å². The van der Waals surface area contributed by atoms with E-state index in [0.29, 0.717) is 5.41 Å². The largest absolute Gasteiger partial charge is 0.377 e. The Balaban J connectivity index is 1.63. The number of nitriles is 1. The van der Waals surface area contributed by atoms with Crippen LogP contribution in [0.25, 0.3) is 0 Å². The highest BCUT2D eigenvalue weighted by molar-refractivity contribution is 5.91. The van der Waals surface area contributed by atoms with Crippen molar-refractivity contribution >= 4 is 5.71 Å². The third-order valence-electron chi connectivity index (χ3n) is 5.46. The highest BCUT2D eigenvalue weighted by Gasteiger charge is 2.54. The smallest absolute Gasteiger partial charge is 0.217 e. The van der Waals surface area contributed by atoms with Gasteiger partial charge in [-0.2, -0.15) is 5.26 Å². The van der Waals surface area contributed by atoms with Gasteiger partial charge in [0.15, 0.2) is 0 Å². The molecule has 0 aromatic heterocycles. The molecule has 4 fully saturated rings. The van der Waals surface area contributed by atoms with Crippen molar-refractivity contribution in [1.82, 2.24) is 0 Å². The first-order valence-electron chi connectivity index (χ1n) is 6.90. The molecule has 0 saturated heterocycles. The Morgan fingerprint density at radius 1 is 1.12 bits per heavy atom. The highest BCUT2D eigenvalue weighted by Crippen LogP contribution is 2.61. The first-order chi connectivity index (χ1) is 8.27. The number of oxime groups is 1. The van der Waals surface area contributed by atoms with E-state index in [9.17, 15) is 0 Å². The summed E-state index contributed by atoms with van der Waals surface area (Å²) in [7, 11) is 0. The Kier molecular flexibility index (Phi) is 1.90. The molecule has 4 saturated carbocycles. The Morgan fingerprint density at radius 3 is 2.18 bits per heavy atom. The van der Waals surface area contributed by atoms with Crippen molar-refractivity contribution in [2.75, 3.05) is 0 Å². The van der Waals surface area contributed by atoms with E-state index in [1.54, 1.807) is 0 Å². The highest BCUT2D eigenvalue weighted by atomic mass is 16.6. The van der Waals surface area contributed by atoms with Crippen LogP contribution in [0, 0.1) is 34.5 Å². The molecule has 5 aliphatic rings. The minimum atomic E-state index is -0.307. The summed E-state index contributed by atoms with van der Waals surface area (Å²) in [6.45, 7) is 0. The summed E-state index contributed by atoms with van der Waals surface area (Å²) >= 11 is 0.